The Morgan fingerprint density at radius 1 is 1.23 bits per heavy atom. The zero-order valence-electron chi connectivity index (χ0n) is 11.9. The molecule has 1 aromatic carbocycles. The first-order chi connectivity index (χ1) is 10.8. The number of para-hydroxylation sites is 2. The highest BCUT2D eigenvalue weighted by atomic mass is 32.2. The third-order valence-corrected chi connectivity index (χ3v) is 5.54. The summed E-state index contributed by atoms with van der Waals surface area (Å²) in [7, 11) is 0. The van der Waals surface area contributed by atoms with Gasteiger partial charge in [0, 0.05) is 10.3 Å². The molecule has 4 aromatic rings. The predicted molar refractivity (Wildman–Crippen MR) is 90.4 cm³/mol. The second kappa shape index (κ2) is 5.70. The van der Waals surface area contributed by atoms with Crippen LogP contribution < -0.4 is 0 Å². The van der Waals surface area contributed by atoms with Crippen molar-refractivity contribution in [3.63, 3.8) is 0 Å². The third-order valence-electron chi connectivity index (χ3n) is 3.36. The normalized spacial score (nSPS) is 11.5. The molecule has 0 saturated heterocycles. The van der Waals surface area contributed by atoms with Crippen LogP contribution in [0.25, 0.3) is 21.3 Å². The average Bonchev–Trinajstić information content (AvgIpc) is 3.15. The lowest BCUT2D eigenvalue weighted by Crippen LogP contribution is -1.85. The van der Waals surface area contributed by atoms with Crippen LogP contribution in [0.1, 0.15) is 17.7 Å². The van der Waals surface area contributed by atoms with E-state index in [-0.39, 0.29) is 0 Å². The molecule has 22 heavy (non-hydrogen) atoms. The molecule has 3 aromatic heterocycles. The maximum Gasteiger partial charge on any atom is 0.205 e. The van der Waals surface area contributed by atoms with Crippen LogP contribution in [-0.2, 0) is 12.2 Å². The van der Waals surface area contributed by atoms with E-state index in [0.29, 0.717) is 5.75 Å². The molecule has 0 bridgehead atoms. The number of rotatable bonds is 4. The zero-order chi connectivity index (χ0) is 14.9. The Bertz CT molecular complexity index is 912. The van der Waals surface area contributed by atoms with Crippen molar-refractivity contribution in [2.24, 2.45) is 0 Å². The van der Waals surface area contributed by atoms with Crippen molar-refractivity contribution in [2.45, 2.75) is 24.1 Å². The Hall–Kier alpha value is -1.92. The molecule has 110 valence electrons. The van der Waals surface area contributed by atoms with Crippen molar-refractivity contribution < 1.29 is 4.42 Å². The molecular weight excluding hydrogens is 314 g/mol. The molecule has 0 amide bonds. The number of aryl methyl sites for hydroxylation is 1. The number of thiophene rings is 1. The van der Waals surface area contributed by atoms with Gasteiger partial charge in [0.25, 0.3) is 0 Å². The monoisotopic (exact) mass is 327 g/mol. The Morgan fingerprint density at radius 2 is 2.14 bits per heavy atom. The summed E-state index contributed by atoms with van der Waals surface area (Å²) in [4.78, 5) is 15.6. The van der Waals surface area contributed by atoms with Crippen molar-refractivity contribution >= 4 is 44.4 Å². The molecule has 3 heterocycles. The molecule has 0 unspecified atom stereocenters. The number of benzene rings is 1. The highest BCUT2D eigenvalue weighted by Crippen LogP contribution is 2.32. The van der Waals surface area contributed by atoms with E-state index >= 15 is 0 Å². The Morgan fingerprint density at radius 3 is 3.00 bits per heavy atom. The average molecular weight is 327 g/mol. The lowest BCUT2D eigenvalue weighted by Gasteiger charge is -1.98. The van der Waals surface area contributed by atoms with Gasteiger partial charge in [-0.25, -0.2) is 15.0 Å². The van der Waals surface area contributed by atoms with Gasteiger partial charge in [0.2, 0.25) is 5.89 Å². The SMILES string of the molecule is CCc1cc2c(SCc3nc4ccccc4o3)ncnc2s1. The molecule has 0 atom stereocenters. The Kier molecular flexibility index (Phi) is 3.56. The van der Waals surface area contributed by atoms with Gasteiger partial charge < -0.3 is 4.42 Å². The third kappa shape index (κ3) is 2.48. The van der Waals surface area contributed by atoms with Gasteiger partial charge in [-0.15, -0.1) is 11.3 Å². The summed E-state index contributed by atoms with van der Waals surface area (Å²) in [6.45, 7) is 2.16. The van der Waals surface area contributed by atoms with E-state index in [1.165, 1.54) is 4.88 Å². The summed E-state index contributed by atoms with van der Waals surface area (Å²) in [5.74, 6) is 1.39. The van der Waals surface area contributed by atoms with Gasteiger partial charge in [-0.1, -0.05) is 30.8 Å². The van der Waals surface area contributed by atoms with Crippen LogP contribution in [0.3, 0.4) is 0 Å². The van der Waals surface area contributed by atoms with Crippen molar-refractivity contribution in [3.8, 4) is 0 Å². The number of hydrogen-bond donors (Lipinski definition) is 0. The molecule has 0 spiro atoms. The van der Waals surface area contributed by atoms with Gasteiger partial charge in [0.15, 0.2) is 5.58 Å². The minimum Gasteiger partial charge on any atom is -0.440 e. The van der Waals surface area contributed by atoms with Crippen LogP contribution in [0.15, 0.2) is 46.1 Å². The second-order valence-corrected chi connectivity index (χ2v) is 6.91. The molecule has 4 rings (SSSR count). The van der Waals surface area contributed by atoms with Crippen LogP contribution in [-0.4, -0.2) is 15.0 Å². The lowest BCUT2D eigenvalue weighted by atomic mass is 10.3. The van der Waals surface area contributed by atoms with Gasteiger partial charge in [0.05, 0.1) is 5.75 Å². The summed E-state index contributed by atoms with van der Waals surface area (Å²) in [5.41, 5.74) is 1.73. The molecule has 4 nitrogen and oxygen atoms in total. The zero-order valence-corrected chi connectivity index (χ0v) is 13.6. The topological polar surface area (TPSA) is 51.8 Å². The quantitative estimate of drug-likeness (QED) is 0.402. The van der Waals surface area contributed by atoms with Crippen molar-refractivity contribution in [1.29, 1.82) is 0 Å². The van der Waals surface area contributed by atoms with Crippen LogP contribution >= 0.6 is 23.1 Å². The predicted octanol–water partition coefficient (Wildman–Crippen LogP) is 4.69. The molecule has 0 aliphatic carbocycles. The highest BCUT2D eigenvalue weighted by molar-refractivity contribution is 7.98. The van der Waals surface area contributed by atoms with Crippen molar-refractivity contribution in [3.05, 3.63) is 47.4 Å². The smallest absolute Gasteiger partial charge is 0.205 e. The number of thioether (sulfide) groups is 1. The van der Waals surface area contributed by atoms with E-state index in [4.69, 9.17) is 4.42 Å². The Labute approximate surface area is 135 Å². The van der Waals surface area contributed by atoms with E-state index in [1.807, 2.05) is 24.3 Å². The maximum atomic E-state index is 5.76. The van der Waals surface area contributed by atoms with E-state index in [0.717, 1.165) is 38.7 Å². The maximum absolute atomic E-state index is 5.76. The van der Waals surface area contributed by atoms with E-state index in [9.17, 15) is 0 Å². The number of hydrogen-bond acceptors (Lipinski definition) is 6. The van der Waals surface area contributed by atoms with E-state index in [1.54, 1.807) is 29.4 Å². The first-order valence-electron chi connectivity index (χ1n) is 7.04. The largest absolute Gasteiger partial charge is 0.440 e. The van der Waals surface area contributed by atoms with Gasteiger partial charge in [0.1, 0.15) is 21.7 Å². The van der Waals surface area contributed by atoms with Crippen LogP contribution in [0, 0.1) is 0 Å². The minimum absolute atomic E-state index is 0.665. The number of fused-ring (bicyclic) bond motifs is 2. The number of oxazole rings is 1. The summed E-state index contributed by atoms with van der Waals surface area (Å²) in [5, 5.41) is 2.12. The van der Waals surface area contributed by atoms with Crippen LogP contribution in [0.2, 0.25) is 0 Å². The number of nitrogens with zero attached hydrogens (tertiary/aromatic N) is 3. The molecule has 0 fully saturated rings. The molecule has 6 heteroatoms. The summed E-state index contributed by atoms with van der Waals surface area (Å²) in [6.07, 6.45) is 2.66. The molecule has 0 aliphatic rings. The second-order valence-electron chi connectivity index (χ2n) is 4.83. The summed E-state index contributed by atoms with van der Waals surface area (Å²) >= 11 is 3.37. The van der Waals surface area contributed by atoms with Crippen LogP contribution in [0.4, 0.5) is 0 Å². The molecular formula is C16H13N3OS2. The molecule has 0 saturated carbocycles. The fourth-order valence-corrected chi connectivity index (χ4v) is 4.10. The van der Waals surface area contributed by atoms with Crippen molar-refractivity contribution in [1.82, 2.24) is 15.0 Å². The molecule has 0 aliphatic heterocycles. The molecule has 0 radical (unpaired) electrons. The first-order valence-corrected chi connectivity index (χ1v) is 8.84. The summed E-state index contributed by atoms with van der Waals surface area (Å²) < 4.78 is 5.76. The minimum atomic E-state index is 0.665. The Balaban J connectivity index is 1.62. The van der Waals surface area contributed by atoms with Gasteiger partial charge in [-0.05, 0) is 24.6 Å². The molecule has 0 N–H and O–H groups in total. The van der Waals surface area contributed by atoms with Crippen LogP contribution in [0.5, 0.6) is 0 Å². The van der Waals surface area contributed by atoms with Gasteiger partial charge >= 0.3 is 0 Å². The number of aromatic nitrogens is 3. The fourth-order valence-electron chi connectivity index (χ4n) is 2.28. The van der Waals surface area contributed by atoms with Crippen molar-refractivity contribution in [2.75, 3.05) is 0 Å². The van der Waals surface area contributed by atoms with E-state index < -0.39 is 0 Å². The van der Waals surface area contributed by atoms with Gasteiger partial charge in [-0.2, -0.15) is 0 Å². The fraction of sp³-hybridized carbons (Fsp3) is 0.188. The standard InChI is InChI=1S/C16H13N3OS2/c1-2-10-7-11-15(17-9-18-16(11)22-10)21-8-14-19-12-5-3-4-6-13(12)20-14/h3-7,9H,2,8H2,1H3. The summed E-state index contributed by atoms with van der Waals surface area (Å²) in [6, 6.07) is 10.0. The highest BCUT2D eigenvalue weighted by Gasteiger charge is 2.11. The lowest BCUT2D eigenvalue weighted by molar-refractivity contribution is 0.556. The first kappa shape index (κ1) is 13.7. The van der Waals surface area contributed by atoms with E-state index in [2.05, 4.69) is 27.9 Å². The van der Waals surface area contributed by atoms with Gasteiger partial charge in [-0.3, -0.25) is 0 Å².